The monoisotopic (exact) mass is 623 g/mol. The van der Waals surface area contributed by atoms with Crippen molar-refractivity contribution in [3.05, 3.63) is 23.4 Å². The number of carbonyl (C=O) groups excluding carboxylic acids is 4. The van der Waals surface area contributed by atoms with E-state index in [2.05, 4.69) is 21.3 Å². The van der Waals surface area contributed by atoms with Gasteiger partial charge in [-0.2, -0.15) is 0 Å². The second kappa shape index (κ2) is 17.9. The van der Waals surface area contributed by atoms with E-state index in [-0.39, 0.29) is 49.6 Å². The highest BCUT2D eigenvalue weighted by Gasteiger charge is 2.34. The van der Waals surface area contributed by atoms with E-state index in [1.54, 1.807) is 12.2 Å². The van der Waals surface area contributed by atoms with E-state index in [4.69, 9.17) is 16.2 Å². The number of allylic oxidation sites excluding steroid dienone is 1. The molecule has 0 radical (unpaired) electrons. The molecule has 14 heteroatoms. The Balaban J connectivity index is 2.25. The molecule has 3 unspecified atom stereocenters. The Kier molecular flexibility index (Phi) is 15.1. The van der Waals surface area contributed by atoms with Crippen LogP contribution in [0.25, 0.3) is 0 Å². The number of nitrogens with one attached hydrogen (secondary N) is 4. The van der Waals surface area contributed by atoms with E-state index in [9.17, 15) is 29.4 Å². The van der Waals surface area contributed by atoms with Crippen molar-refractivity contribution >= 4 is 23.9 Å². The molecule has 0 bridgehead atoms. The summed E-state index contributed by atoms with van der Waals surface area (Å²) in [5.41, 5.74) is 11.6. The number of likely N-dealkylation sites (N-methyl/N-ethyl adjacent to an activating group) is 1. The van der Waals surface area contributed by atoms with Gasteiger partial charge >= 0.3 is 12.1 Å². The van der Waals surface area contributed by atoms with Crippen molar-refractivity contribution in [2.24, 2.45) is 23.3 Å². The number of urea groups is 1. The second-order valence-electron chi connectivity index (χ2n) is 12.4. The zero-order valence-electron chi connectivity index (χ0n) is 26.7. The number of aliphatic hydroxyl groups is 2. The third-order valence-corrected chi connectivity index (χ3v) is 7.82. The highest BCUT2D eigenvalue weighted by molar-refractivity contribution is 5.89. The molecule has 2 aliphatic carbocycles. The van der Waals surface area contributed by atoms with E-state index < -0.39 is 48.7 Å². The van der Waals surface area contributed by atoms with Gasteiger partial charge in [0.05, 0.1) is 6.04 Å². The van der Waals surface area contributed by atoms with E-state index in [0.29, 0.717) is 11.3 Å². The summed E-state index contributed by atoms with van der Waals surface area (Å²) in [7, 11) is 1.49. The van der Waals surface area contributed by atoms with E-state index in [0.717, 1.165) is 32.1 Å². The van der Waals surface area contributed by atoms with Gasteiger partial charge in [0.15, 0.2) is 0 Å². The van der Waals surface area contributed by atoms with Gasteiger partial charge in [-0.05, 0) is 37.2 Å². The molecule has 10 N–H and O–H groups in total. The maximum Gasteiger partial charge on any atom is 0.410 e. The van der Waals surface area contributed by atoms with Gasteiger partial charge in [0, 0.05) is 43.7 Å². The summed E-state index contributed by atoms with van der Waals surface area (Å²) in [6.07, 6.45) is 4.70. The lowest BCUT2D eigenvalue weighted by Gasteiger charge is -2.35. The normalized spacial score (nSPS) is 20.1. The summed E-state index contributed by atoms with van der Waals surface area (Å²) >= 11 is 0. The SMILES string of the molecule is CC(C)CC(=O)N[C@@H](CCNC(N)=O)C(=O)NC1=CCC(OC(=O)N(C)[C@@H](C(C)C)C(N)O)C(C(O)NC2CCCCC2)=C1. The maximum atomic E-state index is 13.3. The van der Waals surface area contributed by atoms with Gasteiger partial charge < -0.3 is 47.3 Å². The van der Waals surface area contributed by atoms with Crippen molar-refractivity contribution in [2.45, 2.75) is 116 Å². The molecule has 2 rings (SSSR count). The third kappa shape index (κ3) is 12.1. The van der Waals surface area contributed by atoms with Crippen LogP contribution in [0.5, 0.6) is 0 Å². The Labute approximate surface area is 260 Å². The molecule has 0 aromatic rings. The molecule has 2 aliphatic rings. The maximum absolute atomic E-state index is 13.3. The molecule has 5 atom stereocenters. The predicted octanol–water partition coefficient (Wildman–Crippen LogP) is 0.885. The molecule has 0 aromatic carbocycles. The largest absolute Gasteiger partial charge is 0.441 e. The van der Waals surface area contributed by atoms with Crippen LogP contribution < -0.4 is 32.7 Å². The van der Waals surface area contributed by atoms with Crippen LogP contribution in [0.1, 0.15) is 79.1 Å². The molecular formula is C30H53N7O7. The standard InChI is InChI=1S/C30H53N7O7/c1-17(2)15-24(38)36-22(13-14-33-29(32)42)28(41)35-20-11-12-23(44-30(43)37(5)25(18(3)4)26(31)39)21(16-20)27(40)34-19-9-7-6-8-10-19/h11,16-19,22-23,25-27,34,39-40H,6-10,12-15,31H2,1-5H3,(H,35,41)(H,36,38)(H3,32,33,42)/t22-,23?,25-,26?,27?/m0/s1. The number of ether oxygens (including phenoxy) is 1. The van der Waals surface area contributed by atoms with Crippen molar-refractivity contribution in [1.29, 1.82) is 0 Å². The summed E-state index contributed by atoms with van der Waals surface area (Å²) in [6, 6.07) is -2.32. The zero-order valence-corrected chi connectivity index (χ0v) is 26.7. The minimum Gasteiger partial charge on any atom is -0.441 e. The van der Waals surface area contributed by atoms with Crippen molar-refractivity contribution in [3.8, 4) is 0 Å². The van der Waals surface area contributed by atoms with Gasteiger partial charge in [-0.25, -0.2) is 9.59 Å². The molecule has 0 aromatic heterocycles. The number of primary amides is 1. The van der Waals surface area contributed by atoms with Gasteiger partial charge in [0.25, 0.3) is 0 Å². The topological polar surface area (TPSA) is 221 Å². The first-order valence-electron chi connectivity index (χ1n) is 15.6. The second-order valence-corrected chi connectivity index (χ2v) is 12.4. The first-order chi connectivity index (χ1) is 20.7. The average Bonchev–Trinajstić information content (AvgIpc) is 2.92. The fraction of sp³-hybridized carbons (Fsp3) is 0.733. The smallest absolute Gasteiger partial charge is 0.410 e. The highest BCUT2D eigenvalue weighted by atomic mass is 16.6. The summed E-state index contributed by atoms with van der Waals surface area (Å²) in [4.78, 5) is 51.3. The molecule has 0 heterocycles. The third-order valence-electron chi connectivity index (χ3n) is 7.82. The van der Waals surface area contributed by atoms with Gasteiger partial charge in [0.1, 0.15) is 24.6 Å². The van der Waals surface area contributed by atoms with Crippen molar-refractivity contribution in [1.82, 2.24) is 26.2 Å². The lowest BCUT2D eigenvalue weighted by molar-refractivity contribution is -0.129. The zero-order chi connectivity index (χ0) is 33.0. The fourth-order valence-corrected chi connectivity index (χ4v) is 5.61. The Bertz CT molecular complexity index is 1030. The van der Waals surface area contributed by atoms with Crippen LogP contribution in [0.3, 0.4) is 0 Å². The molecular weight excluding hydrogens is 570 g/mol. The van der Waals surface area contributed by atoms with Gasteiger partial charge in [-0.15, -0.1) is 0 Å². The van der Waals surface area contributed by atoms with E-state index in [1.165, 1.54) is 11.9 Å². The van der Waals surface area contributed by atoms with Crippen molar-refractivity contribution in [3.63, 3.8) is 0 Å². The minimum atomic E-state index is -1.28. The van der Waals surface area contributed by atoms with E-state index >= 15 is 0 Å². The molecule has 44 heavy (non-hydrogen) atoms. The summed E-state index contributed by atoms with van der Waals surface area (Å²) in [5.74, 6) is -0.897. The van der Waals surface area contributed by atoms with E-state index in [1.807, 2.05) is 27.7 Å². The molecule has 250 valence electrons. The molecule has 1 saturated carbocycles. The van der Waals surface area contributed by atoms with Gasteiger partial charge in [-0.3, -0.25) is 14.9 Å². The molecule has 0 spiro atoms. The minimum absolute atomic E-state index is 0.0694. The molecule has 5 amide bonds. The van der Waals surface area contributed by atoms with Crippen LogP contribution in [0.15, 0.2) is 23.4 Å². The summed E-state index contributed by atoms with van der Waals surface area (Å²) < 4.78 is 5.81. The van der Waals surface area contributed by atoms with Crippen LogP contribution in [0.4, 0.5) is 9.59 Å². The first kappa shape index (κ1) is 37.0. The number of carbonyl (C=O) groups is 4. The predicted molar refractivity (Wildman–Crippen MR) is 165 cm³/mol. The lowest BCUT2D eigenvalue weighted by atomic mass is 9.93. The highest BCUT2D eigenvalue weighted by Crippen LogP contribution is 2.26. The lowest BCUT2D eigenvalue weighted by Crippen LogP contribution is -2.52. The Morgan fingerprint density at radius 2 is 1.75 bits per heavy atom. The number of aliphatic hydroxyl groups excluding tert-OH is 2. The van der Waals surface area contributed by atoms with Gasteiger partial charge in [0.2, 0.25) is 11.8 Å². The summed E-state index contributed by atoms with van der Waals surface area (Å²) in [6.45, 7) is 7.50. The molecule has 1 fully saturated rings. The van der Waals surface area contributed by atoms with Crippen LogP contribution >= 0.6 is 0 Å². The number of rotatable bonds is 15. The molecule has 0 saturated heterocycles. The number of nitrogens with two attached hydrogens (primary N) is 2. The molecule has 0 aliphatic heterocycles. The number of hydrogen-bond donors (Lipinski definition) is 8. The van der Waals surface area contributed by atoms with Crippen molar-refractivity contribution < 1.29 is 34.1 Å². The quantitative estimate of drug-likeness (QED) is 0.121. The Hall–Kier alpha value is -3.20. The fourth-order valence-electron chi connectivity index (χ4n) is 5.61. The van der Waals surface area contributed by atoms with Gasteiger partial charge in [-0.1, -0.05) is 53.0 Å². The Morgan fingerprint density at radius 3 is 2.32 bits per heavy atom. The van der Waals surface area contributed by atoms with Crippen molar-refractivity contribution in [2.75, 3.05) is 13.6 Å². The number of nitrogens with zero attached hydrogens (tertiary/aromatic N) is 1. The average molecular weight is 624 g/mol. The Morgan fingerprint density at radius 1 is 1.09 bits per heavy atom. The van der Waals surface area contributed by atoms with Crippen LogP contribution in [-0.2, 0) is 14.3 Å². The first-order valence-corrected chi connectivity index (χ1v) is 15.6. The summed E-state index contributed by atoms with van der Waals surface area (Å²) in [5, 5.41) is 32.5. The number of amides is 5. The number of hydrogen-bond acceptors (Lipinski definition) is 9. The molecule has 14 nitrogen and oxygen atoms in total. The van der Waals surface area contributed by atoms with Crippen LogP contribution in [-0.4, -0.2) is 89.3 Å². The van der Waals surface area contributed by atoms with Crippen LogP contribution in [0.2, 0.25) is 0 Å². The van der Waals surface area contributed by atoms with Crippen LogP contribution in [0, 0.1) is 11.8 Å².